The Balaban J connectivity index is 2.55. The third-order valence-electron chi connectivity index (χ3n) is 6.22. The third-order valence-corrected chi connectivity index (χ3v) is 6.22. The molecule has 2 aliphatic rings. The third kappa shape index (κ3) is 2.55. The van der Waals surface area contributed by atoms with Gasteiger partial charge in [0.25, 0.3) is 0 Å². The van der Waals surface area contributed by atoms with Crippen LogP contribution in [-0.4, -0.2) is 38.9 Å². The van der Waals surface area contributed by atoms with Crippen molar-refractivity contribution < 1.29 is 20.1 Å². The van der Waals surface area contributed by atoms with E-state index >= 15 is 0 Å². The van der Waals surface area contributed by atoms with E-state index in [0.717, 1.165) is 19.3 Å². The molecule has 2 rings (SSSR count). The first-order valence-corrected chi connectivity index (χ1v) is 8.22. The number of aliphatic hydroxyl groups excluding tert-OH is 2. The summed E-state index contributed by atoms with van der Waals surface area (Å²) in [5.41, 5.74) is -1.92. The molecule has 4 nitrogen and oxygen atoms in total. The van der Waals surface area contributed by atoms with E-state index in [9.17, 15) is 20.1 Å². The van der Waals surface area contributed by atoms with Crippen LogP contribution in [0.1, 0.15) is 53.9 Å². The summed E-state index contributed by atoms with van der Waals surface area (Å²) < 4.78 is 0. The Bertz CT molecular complexity index is 479. The zero-order chi connectivity index (χ0) is 16.9. The molecule has 2 fully saturated rings. The quantitative estimate of drug-likeness (QED) is 0.682. The van der Waals surface area contributed by atoms with Gasteiger partial charge in [-0.05, 0) is 49.5 Å². The Morgan fingerprint density at radius 1 is 1.14 bits per heavy atom. The van der Waals surface area contributed by atoms with Crippen molar-refractivity contribution in [2.45, 2.75) is 71.7 Å². The molecule has 0 saturated heterocycles. The Hall–Kier alpha value is -0.710. The molecule has 0 bridgehead atoms. The second-order valence-electron chi connectivity index (χ2n) is 8.43. The zero-order valence-corrected chi connectivity index (χ0v) is 14.3. The van der Waals surface area contributed by atoms with Gasteiger partial charge < -0.3 is 15.3 Å². The number of fused-ring (bicyclic) bond motifs is 1. The maximum atomic E-state index is 11.4. The summed E-state index contributed by atoms with van der Waals surface area (Å²) >= 11 is 0. The maximum Gasteiger partial charge on any atom is 0.152 e. The highest BCUT2D eigenvalue weighted by Gasteiger charge is 2.64. The predicted octanol–water partition coefficient (Wildman–Crippen LogP) is 2.07. The molecule has 0 aliphatic heterocycles. The van der Waals surface area contributed by atoms with Crippen molar-refractivity contribution in [2.24, 2.45) is 22.7 Å². The average Bonchev–Trinajstić information content (AvgIpc) is 2.34. The number of ketones is 1. The van der Waals surface area contributed by atoms with Crippen LogP contribution in [0.15, 0.2) is 12.2 Å². The topological polar surface area (TPSA) is 77.8 Å². The molecule has 2 saturated carbocycles. The fourth-order valence-electron chi connectivity index (χ4n) is 5.36. The molecule has 4 heteroatoms. The molecule has 3 N–H and O–H groups in total. The molecule has 0 heterocycles. The van der Waals surface area contributed by atoms with Gasteiger partial charge in [0.15, 0.2) is 5.78 Å². The summed E-state index contributed by atoms with van der Waals surface area (Å²) in [5.74, 6) is -0.566. The standard InChI is InChI=1S/C18H30O4/c1-11(19)7-8-12-17(4)10-6-9-16(2,3)14(17)13(20)15(21)18(12,5)22/h7-8,12-15,20-22H,6,9-10H2,1-5H3/b8-7+/t12-,13-,14+,15+,17-,18+/m1/s1. The van der Waals surface area contributed by atoms with E-state index in [4.69, 9.17) is 0 Å². The molecular weight excluding hydrogens is 280 g/mol. The van der Waals surface area contributed by atoms with E-state index in [0.29, 0.717) is 0 Å². The van der Waals surface area contributed by atoms with Crippen molar-refractivity contribution in [1.82, 2.24) is 0 Å². The van der Waals surface area contributed by atoms with Crippen molar-refractivity contribution in [3.8, 4) is 0 Å². The van der Waals surface area contributed by atoms with Gasteiger partial charge in [-0.3, -0.25) is 4.79 Å². The van der Waals surface area contributed by atoms with Gasteiger partial charge in [-0.25, -0.2) is 0 Å². The van der Waals surface area contributed by atoms with Gasteiger partial charge in [0.05, 0.1) is 11.7 Å². The maximum absolute atomic E-state index is 11.4. The van der Waals surface area contributed by atoms with E-state index in [1.165, 1.54) is 13.0 Å². The van der Waals surface area contributed by atoms with Crippen molar-refractivity contribution >= 4 is 5.78 Å². The average molecular weight is 310 g/mol. The summed E-state index contributed by atoms with van der Waals surface area (Å²) in [4.78, 5) is 11.4. The Morgan fingerprint density at radius 2 is 1.73 bits per heavy atom. The molecule has 126 valence electrons. The fraction of sp³-hybridized carbons (Fsp3) is 0.833. The van der Waals surface area contributed by atoms with Crippen LogP contribution in [0.3, 0.4) is 0 Å². The highest BCUT2D eigenvalue weighted by atomic mass is 16.4. The SMILES string of the molecule is CC(=O)/C=C/[C@H]1[C@](C)(O)[C@@H](O)[C@H](O)[C@H]2C(C)(C)CCC[C@@]21C. The lowest BCUT2D eigenvalue weighted by Crippen LogP contribution is -2.69. The number of carbonyl (C=O) groups is 1. The molecule has 0 aromatic heterocycles. The van der Waals surface area contributed by atoms with Gasteiger partial charge in [-0.1, -0.05) is 33.3 Å². The summed E-state index contributed by atoms with van der Waals surface area (Å²) in [6, 6.07) is 0. The van der Waals surface area contributed by atoms with Crippen LogP contribution in [0.5, 0.6) is 0 Å². The second-order valence-corrected chi connectivity index (χ2v) is 8.43. The van der Waals surface area contributed by atoms with E-state index in [1.54, 1.807) is 13.0 Å². The lowest BCUT2D eigenvalue weighted by atomic mass is 9.44. The molecule has 0 spiro atoms. The minimum atomic E-state index is -1.45. The van der Waals surface area contributed by atoms with Crippen LogP contribution in [0.4, 0.5) is 0 Å². The number of rotatable bonds is 2. The molecule has 0 aromatic rings. The smallest absolute Gasteiger partial charge is 0.152 e. The van der Waals surface area contributed by atoms with Crippen molar-refractivity contribution in [2.75, 3.05) is 0 Å². The zero-order valence-electron chi connectivity index (χ0n) is 14.3. The molecule has 0 aromatic carbocycles. The first-order chi connectivity index (χ1) is 9.94. The van der Waals surface area contributed by atoms with Crippen LogP contribution in [0, 0.1) is 22.7 Å². The number of allylic oxidation sites excluding steroid dienone is 1. The molecule has 0 amide bonds. The normalized spacial score (nSPS) is 48.2. The summed E-state index contributed by atoms with van der Waals surface area (Å²) in [7, 11) is 0. The Morgan fingerprint density at radius 3 is 2.27 bits per heavy atom. The van der Waals surface area contributed by atoms with Gasteiger partial charge in [0.2, 0.25) is 0 Å². The molecule has 6 atom stereocenters. The minimum absolute atomic E-state index is 0.0772. The summed E-state index contributed by atoms with van der Waals surface area (Å²) in [5, 5.41) is 32.1. The monoisotopic (exact) mass is 310 g/mol. The lowest BCUT2D eigenvalue weighted by molar-refractivity contribution is -0.255. The fourth-order valence-corrected chi connectivity index (χ4v) is 5.36. The number of aliphatic hydroxyl groups is 3. The number of hydrogen-bond donors (Lipinski definition) is 3. The van der Waals surface area contributed by atoms with Gasteiger partial charge in [0, 0.05) is 5.92 Å². The van der Waals surface area contributed by atoms with Crippen molar-refractivity contribution in [3.05, 3.63) is 12.2 Å². The van der Waals surface area contributed by atoms with Gasteiger partial charge in [-0.15, -0.1) is 0 Å². The molecule has 0 unspecified atom stereocenters. The van der Waals surface area contributed by atoms with E-state index in [-0.39, 0.29) is 28.4 Å². The van der Waals surface area contributed by atoms with Gasteiger partial charge in [0.1, 0.15) is 6.10 Å². The Labute approximate surface area is 133 Å². The van der Waals surface area contributed by atoms with E-state index in [2.05, 4.69) is 20.8 Å². The largest absolute Gasteiger partial charge is 0.390 e. The van der Waals surface area contributed by atoms with Crippen molar-refractivity contribution in [1.29, 1.82) is 0 Å². The van der Waals surface area contributed by atoms with Crippen LogP contribution < -0.4 is 0 Å². The highest BCUT2D eigenvalue weighted by molar-refractivity contribution is 5.87. The lowest BCUT2D eigenvalue weighted by Gasteiger charge is -2.63. The highest BCUT2D eigenvalue weighted by Crippen LogP contribution is 2.62. The van der Waals surface area contributed by atoms with E-state index in [1.807, 2.05) is 0 Å². The van der Waals surface area contributed by atoms with Crippen LogP contribution in [0.2, 0.25) is 0 Å². The number of hydrogen-bond acceptors (Lipinski definition) is 4. The number of carbonyl (C=O) groups excluding carboxylic acids is 1. The van der Waals surface area contributed by atoms with Crippen LogP contribution in [-0.2, 0) is 4.79 Å². The summed E-state index contributed by atoms with van der Waals surface area (Å²) in [6.07, 6.45) is 3.92. The first-order valence-electron chi connectivity index (χ1n) is 8.22. The molecular formula is C18H30O4. The van der Waals surface area contributed by atoms with Gasteiger partial charge >= 0.3 is 0 Å². The molecule has 22 heavy (non-hydrogen) atoms. The van der Waals surface area contributed by atoms with Crippen LogP contribution in [0.25, 0.3) is 0 Å². The van der Waals surface area contributed by atoms with Crippen LogP contribution >= 0.6 is 0 Å². The second kappa shape index (κ2) is 5.43. The minimum Gasteiger partial charge on any atom is -0.390 e. The van der Waals surface area contributed by atoms with Crippen molar-refractivity contribution in [3.63, 3.8) is 0 Å². The molecule has 0 radical (unpaired) electrons. The predicted molar refractivity (Wildman–Crippen MR) is 85.2 cm³/mol. The van der Waals surface area contributed by atoms with Gasteiger partial charge in [-0.2, -0.15) is 0 Å². The summed E-state index contributed by atoms with van der Waals surface area (Å²) in [6.45, 7) is 9.37. The molecule has 2 aliphatic carbocycles. The first kappa shape index (κ1) is 17.6. The van der Waals surface area contributed by atoms with E-state index < -0.39 is 17.8 Å². The Kier molecular flexibility index (Phi) is 4.35.